The van der Waals surface area contributed by atoms with Crippen LogP contribution >= 0.6 is 0 Å². The minimum atomic E-state index is -0.352. The monoisotopic (exact) mass is 372 g/mol. The molecule has 0 saturated heterocycles. The number of hydrogen-bond acceptors (Lipinski definition) is 3. The Bertz CT molecular complexity index is 761. The first-order valence-electron chi connectivity index (χ1n) is 8.75. The molecule has 0 radical (unpaired) electrons. The van der Waals surface area contributed by atoms with Crippen LogP contribution in [0.2, 0.25) is 0 Å². The summed E-state index contributed by atoms with van der Waals surface area (Å²) in [5.41, 5.74) is 2.03. The van der Waals surface area contributed by atoms with Gasteiger partial charge in [-0.25, -0.2) is 9.18 Å². The van der Waals surface area contributed by atoms with Gasteiger partial charge in [-0.3, -0.25) is 4.79 Å². The van der Waals surface area contributed by atoms with Crippen LogP contribution in [0.4, 0.5) is 14.9 Å². The van der Waals surface area contributed by atoms with Gasteiger partial charge in [0, 0.05) is 24.3 Å². The van der Waals surface area contributed by atoms with E-state index in [2.05, 4.69) is 16.0 Å². The molecule has 6 nitrogen and oxygen atoms in total. The number of hydrogen-bond donors (Lipinski definition) is 3. The van der Waals surface area contributed by atoms with Gasteiger partial charge >= 0.3 is 6.03 Å². The number of amides is 3. The van der Waals surface area contributed by atoms with E-state index in [9.17, 15) is 14.0 Å². The maximum Gasteiger partial charge on any atom is 0.319 e. The Kier molecular flexibility index (Phi) is 7.31. The fourth-order valence-corrected chi connectivity index (χ4v) is 2.62. The molecule has 1 atom stereocenters. The Balaban J connectivity index is 1.92. The fraction of sp³-hybridized carbons (Fsp3) is 0.300. The Labute approximate surface area is 158 Å². The molecule has 0 fully saturated rings. The van der Waals surface area contributed by atoms with Crippen LogP contribution in [0.15, 0.2) is 48.5 Å². The molecule has 144 valence electrons. The van der Waals surface area contributed by atoms with Crippen LogP contribution in [0, 0.1) is 5.82 Å². The van der Waals surface area contributed by atoms with Crippen molar-refractivity contribution >= 4 is 17.6 Å². The van der Waals surface area contributed by atoms with Crippen LogP contribution < -0.4 is 16.0 Å². The van der Waals surface area contributed by atoms with E-state index in [0.717, 1.165) is 5.56 Å². The number of carbonyl (C=O) groups is 2. The summed E-state index contributed by atoms with van der Waals surface area (Å²) in [4.78, 5) is 25.9. The van der Waals surface area contributed by atoms with Crippen molar-refractivity contribution in [3.63, 3.8) is 0 Å². The van der Waals surface area contributed by atoms with E-state index in [1.54, 1.807) is 36.4 Å². The molecule has 0 aliphatic carbocycles. The van der Waals surface area contributed by atoms with E-state index in [-0.39, 0.29) is 23.8 Å². The summed E-state index contributed by atoms with van der Waals surface area (Å²) in [7, 11) is 3.79. The van der Waals surface area contributed by atoms with E-state index in [1.165, 1.54) is 12.1 Å². The minimum Gasteiger partial charge on any atom is -0.352 e. The maximum atomic E-state index is 13.1. The molecule has 1 unspecified atom stereocenters. The number of halogens is 1. The molecule has 0 aliphatic heterocycles. The normalized spacial score (nSPS) is 11.7. The number of carbonyl (C=O) groups excluding carboxylic acids is 2. The Hall–Kier alpha value is -2.93. The zero-order valence-electron chi connectivity index (χ0n) is 15.8. The van der Waals surface area contributed by atoms with Crippen molar-refractivity contribution in [2.24, 2.45) is 0 Å². The highest BCUT2D eigenvalue weighted by Crippen LogP contribution is 2.18. The number of nitrogens with one attached hydrogen (secondary N) is 3. The molecule has 2 rings (SSSR count). The lowest BCUT2D eigenvalue weighted by molar-refractivity contribution is 0.0956. The van der Waals surface area contributed by atoms with Crippen molar-refractivity contribution in [2.75, 3.05) is 32.5 Å². The Morgan fingerprint density at radius 3 is 2.19 bits per heavy atom. The number of likely N-dealkylation sites (N-methyl/N-ethyl adjacent to an activating group) is 1. The molecule has 3 N–H and O–H groups in total. The summed E-state index contributed by atoms with van der Waals surface area (Å²) in [5.74, 6) is -0.445. The first-order valence-corrected chi connectivity index (χ1v) is 8.75. The number of anilines is 1. The van der Waals surface area contributed by atoms with Gasteiger partial charge in [0.15, 0.2) is 0 Å². The number of rotatable bonds is 7. The van der Waals surface area contributed by atoms with Gasteiger partial charge < -0.3 is 20.9 Å². The number of urea groups is 1. The van der Waals surface area contributed by atoms with Crippen LogP contribution in [-0.4, -0.2) is 44.0 Å². The molecule has 0 heterocycles. The lowest BCUT2D eigenvalue weighted by Crippen LogP contribution is -2.36. The lowest BCUT2D eigenvalue weighted by atomic mass is 10.1. The van der Waals surface area contributed by atoms with Crippen LogP contribution in [0.5, 0.6) is 0 Å². The largest absolute Gasteiger partial charge is 0.352 e. The van der Waals surface area contributed by atoms with Gasteiger partial charge in [-0.05, 0) is 63.0 Å². The summed E-state index contributed by atoms with van der Waals surface area (Å²) in [6, 6.07) is 12.4. The van der Waals surface area contributed by atoms with E-state index < -0.39 is 0 Å². The van der Waals surface area contributed by atoms with Gasteiger partial charge in [-0.1, -0.05) is 12.1 Å². The summed E-state index contributed by atoms with van der Waals surface area (Å²) in [6.45, 7) is 2.77. The van der Waals surface area contributed by atoms with E-state index in [1.807, 2.05) is 25.9 Å². The third kappa shape index (κ3) is 6.07. The first-order chi connectivity index (χ1) is 12.9. The number of benzene rings is 2. The molecule has 27 heavy (non-hydrogen) atoms. The molecule has 0 aliphatic rings. The summed E-state index contributed by atoms with van der Waals surface area (Å²) >= 11 is 0. The molecule has 3 amide bonds. The highest BCUT2D eigenvalue weighted by atomic mass is 19.1. The molecule has 0 aromatic heterocycles. The second-order valence-electron chi connectivity index (χ2n) is 6.30. The van der Waals surface area contributed by atoms with Gasteiger partial charge in [0.2, 0.25) is 0 Å². The second kappa shape index (κ2) is 9.68. The molecule has 0 saturated carbocycles. The van der Waals surface area contributed by atoms with Gasteiger partial charge in [-0.2, -0.15) is 0 Å². The zero-order valence-corrected chi connectivity index (χ0v) is 15.8. The number of nitrogens with zero attached hydrogens (tertiary/aromatic N) is 1. The van der Waals surface area contributed by atoms with Crippen molar-refractivity contribution in [1.82, 2.24) is 15.5 Å². The molecule has 7 heteroatoms. The van der Waals surface area contributed by atoms with Crippen LogP contribution in [0.1, 0.15) is 28.9 Å². The summed E-state index contributed by atoms with van der Waals surface area (Å²) in [5, 5.41) is 8.27. The van der Waals surface area contributed by atoms with E-state index >= 15 is 0 Å². The second-order valence-corrected chi connectivity index (χ2v) is 6.30. The third-order valence-corrected chi connectivity index (χ3v) is 4.08. The average Bonchev–Trinajstić information content (AvgIpc) is 2.64. The molecule has 2 aromatic carbocycles. The molecular formula is C20H25FN4O2. The maximum absolute atomic E-state index is 13.1. The van der Waals surface area contributed by atoms with E-state index in [0.29, 0.717) is 24.3 Å². The molecular weight excluding hydrogens is 347 g/mol. The topological polar surface area (TPSA) is 73.5 Å². The minimum absolute atomic E-state index is 0.0866. The first kappa shape index (κ1) is 20.4. The third-order valence-electron chi connectivity index (χ3n) is 4.08. The summed E-state index contributed by atoms with van der Waals surface area (Å²) < 4.78 is 13.1. The van der Waals surface area contributed by atoms with Crippen LogP contribution in [0.3, 0.4) is 0 Å². The Morgan fingerprint density at radius 2 is 1.63 bits per heavy atom. The van der Waals surface area contributed by atoms with Crippen molar-refractivity contribution < 1.29 is 14.0 Å². The smallest absolute Gasteiger partial charge is 0.319 e. The highest BCUT2D eigenvalue weighted by molar-refractivity contribution is 5.95. The average molecular weight is 372 g/mol. The van der Waals surface area contributed by atoms with Gasteiger partial charge in [-0.15, -0.1) is 0 Å². The van der Waals surface area contributed by atoms with Gasteiger partial charge in [0.1, 0.15) is 5.82 Å². The molecule has 0 spiro atoms. The molecule has 2 aromatic rings. The van der Waals surface area contributed by atoms with Crippen molar-refractivity contribution in [3.05, 3.63) is 65.5 Å². The highest BCUT2D eigenvalue weighted by Gasteiger charge is 2.15. The predicted octanol–water partition coefficient (Wildman–Crippen LogP) is 3.00. The van der Waals surface area contributed by atoms with Crippen molar-refractivity contribution in [1.29, 1.82) is 0 Å². The van der Waals surface area contributed by atoms with Crippen molar-refractivity contribution in [3.8, 4) is 0 Å². The fourth-order valence-electron chi connectivity index (χ4n) is 2.62. The van der Waals surface area contributed by atoms with Crippen LogP contribution in [-0.2, 0) is 0 Å². The van der Waals surface area contributed by atoms with E-state index in [4.69, 9.17) is 0 Å². The quantitative estimate of drug-likeness (QED) is 0.700. The zero-order chi connectivity index (χ0) is 19.8. The predicted molar refractivity (Wildman–Crippen MR) is 104 cm³/mol. The van der Waals surface area contributed by atoms with Gasteiger partial charge in [0.05, 0.1) is 6.04 Å². The van der Waals surface area contributed by atoms with Crippen molar-refractivity contribution in [2.45, 2.75) is 13.0 Å². The lowest BCUT2D eigenvalue weighted by Gasteiger charge is -2.25. The Morgan fingerprint density at radius 1 is 1.00 bits per heavy atom. The molecule has 0 bridgehead atoms. The SMILES string of the molecule is CCNC(=O)c1ccc(NC(=O)NCC(c2ccc(F)cc2)N(C)C)cc1. The van der Waals surface area contributed by atoms with Gasteiger partial charge in [0.25, 0.3) is 5.91 Å². The standard InChI is InChI=1S/C20H25FN4O2/c1-4-22-19(26)15-7-11-17(12-8-15)24-20(27)23-13-18(25(2)3)14-5-9-16(21)10-6-14/h5-12,18H,4,13H2,1-3H3,(H,22,26)(H2,23,24,27). The van der Waals surface area contributed by atoms with Crippen LogP contribution in [0.25, 0.3) is 0 Å². The summed E-state index contributed by atoms with van der Waals surface area (Å²) in [6.07, 6.45) is 0.